The van der Waals surface area contributed by atoms with Crippen molar-refractivity contribution in [2.24, 2.45) is 5.84 Å². The van der Waals surface area contributed by atoms with Gasteiger partial charge < -0.3 is 9.15 Å². The van der Waals surface area contributed by atoms with Gasteiger partial charge in [0.2, 0.25) is 0 Å². The molecule has 0 radical (unpaired) electrons. The quantitative estimate of drug-likeness (QED) is 0.435. The Labute approximate surface area is 133 Å². The summed E-state index contributed by atoms with van der Waals surface area (Å²) in [7, 11) is 0. The van der Waals surface area contributed by atoms with Crippen LogP contribution in [0, 0.1) is 0 Å². The number of amides is 1. The molecule has 0 bridgehead atoms. The standard InChI is InChI=1S/C16H11F3N2O3/c17-16(18,19)24-11-3-1-2-9(6-11)13-8-23-14-5-4-10(7-12(13)14)15(22)21-20/h1-8H,20H2,(H,21,22). The molecule has 8 heteroatoms. The molecule has 1 aromatic heterocycles. The van der Waals surface area contributed by atoms with Crippen molar-refractivity contribution in [3.63, 3.8) is 0 Å². The maximum atomic E-state index is 12.4. The monoisotopic (exact) mass is 336 g/mol. The van der Waals surface area contributed by atoms with Gasteiger partial charge in [-0.2, -0.15) is 0 Å². The maximum absolute atomic E-state index is 12.4. The second kappa shape index (κ2) is 5.89. The highest BCUT2D eigenvalue weighted by Crippen LogP contribution is 2.34. The van der Waals surface area contributed by atoms with Gasteiger partial charge in [0.1, 0.15) is 11.3 Å². The third-order valence-electron chi connectivity index (χ3n) is 3.35. The van der Waals surface area contributed by atoms with Gasteiger partial charge in [-0.25, -0.2) is 5.84 Å². The van der Waals surface area contributed by atoms with E-state index < -0.39 is 12.3 Å². The van der Waals surface area contributed by atoms with Crippen LogP contribution in [0.2, 0.25) is 0 Å². The first-order chi connectivity index (χ1) is 11.4. The first-order valence-electron chi connectivity index (χ1n) is 6.76. The number of benzene rings is 2. The number of carbonyl (C=O) groups is 1. The van der Waals surface area contributed by atoms with Gasteiger partial charge >= 0.3 is 6.36 Å². The highest BCUT2D eigenvalue weighted by molar-refractivity contribution is 6.01. The van der Waals surface area contributed by atoms with Crippen molar-refractivity contribution in [1.82, 2.24) is 5.43 Å². The molecule has 1 amide bonds. The fourth-order valence-electron chi connectivity index (χ4n) is 2.34. The van der Waals surface area contributed by atoms with Gasteiger partial charge in [-0.05, 0) is 35.9 Å². The number of furan rings is 1. The Morgan fingerprint density at radius 3 is 2.67 bits per heavy atom. The topological polar surface area (TPSA) is 77.5 Å². The number of ether oxygens (including phenoxy) is 1. The minimum atomic E-state index is -4.77. The van der Waals surface area contributed by atoms with Gasteiger partial charge in [-0.1, -0.05) is 12.1 Å². The van der Waals surface area contributed by atoms with E-state index in [4.69, 9.17) is 10.3 Å². The molecule has 5 nitrogen and oxygen atoms in total. The van der Waals surface area contributed by atoms with Gasteiger partial charge in [0.15, 0.2) is 0 Å². The van der Waals surface area contributed by atoms with E-state index in [-0.39, 0.29) is 5.75 Å². The molecule has 2 aromatic carbocycles. The van der Waals surface area contributed by atoms with Crippen LogP contribution in [0.1, 0.15) is 10.4 Å². The number of alkyl halides is 3. The lowest BCUT2D eigenvalue weighted by atomic mass is 10.0. The normalized spacial score (nSPS) is 11.5. The molecule has 3 rings (SSSR count). The Hall–Kier alpha value is -3.00. The van der Waals surface area contributed by atoms with Crippen LogP contribution in [-0.2, 0) is 0 Å². The summed E-state index contributed by atoms with van der Waals surface area (Å²) in [5.74, 6) is 4.28. The Kier molecular flexibility index (Phi) is 3.90. The zero-order valence-corrected chi connectivity index (χ0v) is 12.1. The zero-order chi connectivity index (χ0) is 17.3. The third-order valence-corrected chi connectivity index (χ3v) is 3.35. The van der Waals surface area contributed by atoms with E-state index in [9.17, 15) is 18.0 Å². The van der Waals surface area contributed by atoms with Gasteiger partial charge in [0.05, 0.1) is 6.26 Å². The van der Waals surface area contributed by atoms with Crippen molar-refractivity contribution in [3.05, 3.63) is 54.3 Å². The number of halogens is 3. The fraction of sp³-hybridized carbons (Fsp3) is 0.0625. The van der Waals surface area contributed by atoms with Crippen molar-refractivity contribution in [2.75, 3.05) is 0 Å². The van der Waals surface area contributed by atoms with Crippen LogP contribution in [0.25, 0.3) is 22.1 Å². The van der Waals surface area contributed by atoms with E-state index in [1.807, 2.05) is 5.43 Å². The van der Waals surface area contributed by atoms with Gasteiger partial charge in [0, 0.05) is 16.5 Å². The lowest BCUT2D eigenvalue weighted by Gasteiger charge is -2.09. The van der Waals surface area contributed by atoms with Crippen molar-refractivity contribution in [3.8, 4) is 16.9 Å². The van der Waals surface area contributed by atoms with E-state index in [1.165, 1.54) is 30.5 Å². The Morgan fingerprint density at radius 1 is 1.17 bits per heavy atom. The van der Waals surface area contributed by atoms with Crippen LogP contribution in [0.5, 0.6) is 5.75 Å². The predicted octanol–water partition coefficient (Wildman–Crippen LogP) is 3.60. The number of nitrogen functional groups attached to an aromatic ring is 1. The van der Waals surface area contributed by atoms with E-state index in [2.05, 4.69) is 4.74 Å². The highest BCUT2D eigenvalue weighted by Gasteiger charge is 2.31. The molecule has 0 aliphatic heterocycles. The molecule has 1 heterocycles. The van der Waals surface area contributed by atoms with Crippen LogP contribution < -0.4 is 16.0 Å². The number of nitrogens with one attached hydrogen (secondary N) is 1. The van der Waals surface area contributed by atoms with Gasteiger partial charge in [-0.3, -0.25) is 10.2 Å². The molecule has 0 aliphatic carbocycles. The SMILES string of the molecule is NNC(=O)c1ccc2occ(-c3cccc(OC(F)(F)F)c3)c2c1. The fourth-order valence-corrected chi connectivity index (χ4v) is 2.34. The molecule has 124 valence electrons. The predicted molar refractivity (Wildman–Crippen MR) is 80.0 cm³/mol. The van der Waals surface area contributed by atoms with Crippen molar-refractivity contribution in [2.45, 2.75) is 6.36 Å². The first kappa shape index (κ1) is 15.9. The number of hydrazine groups is 1. The van der Waals surface area contributed by atoms with Gasteiger partial charge in [0.25, 0.3) is 5.91 Å². The molecule has 0 saturated heterocycles. The van der Waals surface area contributed by atoms with E-state index in [0.717, 1.165) is 0 Å². The largest absolute Gasteiger partial charge is 0.573 e. The van der Waals surface area contributed by atoms with E-state index >= 15 is 0 Å². The second-order valence-electron chi connectivity index (χ2n) is 4.91. The molecular weight excluding hydrogens is 325 g/mol. The van der Waals surface area contributed by atoms with Crippen LogP contribution in [0.3, 0.4) is 0 Å². The smallest absolute Gasteiger partial charge is 0.464 e. The average Bonchev–Trinajstić information content (AvgIpc) is 2.95. The van der Waals surface area contributed by atoms with Crippen LogP contribution in [0.15, 0.2) is 53.1 Å². The first-order valence-corrected chi connectivity index (χ1v) is 6.76. The van der Waals surface area contributed by atoms with Crippen LogP contribution >= 0.6 is 0 Å². The maximum Gasteiger partial charge on any atom is 0.573 e. The molecule has 24 heavy (non-hydrogen) atoms. The van der Waals surface area contributed by atoms with E-state index in [1.54, 1.807) is 18.2 Å². The molecule has 0 saturated carbocycles. The van der Waals surface area contributed by atoms with Crippen LogP contribution in [-0.4, -0.2) is 12.3 Å². The Balaban J connectivity index is 2.06. The zero-order valence-electron chi connectivity index (χ0n) is 12.1. The molecule has 0 unspecified atom stereocenters. The number of hydrogen-bond acceptors (Lipinski definition) is 4. The summed E-state index contributed by atoms with van der Waals surface area (Å²) in [5, 5.41) is 0.570. The summed E-state index contributed by atoms with van der Waals surface area (Å²) in [6.07, 6.45) is -3.37. The second-order valence-corrected chi connectivity index (χ2v) is 4.91. The minimum Gasteiger partial charge on any atom is -0.464 e. The summed E-state index contributed by atoms with van der Waals surface area (Å²) >= 11 is 0. The van der Waals surface area contributed by atoms with Crippen LogP contribution in [0.4, 0.5) is 13.2 Å². The summed E-state index contributed by atoms with van der Waals surface area (Å²) in [6, 6.07) is 10.2. The molecule has 3 aromatic rings. The molecule has 0 spiro atoms. The summed E-state index contributed by atoms with van der Waals surface area (Å²) < 4.78 is 46.4. The van der Waals surface area contributed by atoms with Crippen molar-refractivity contribution < 1.29 is 27.1 Å². The van der Waals surface area contributed by atoms with Crippen molar-refractivity contribution in [1.29, 1.82) is 0 Å². The number of carbonyl (C=O) groups excluding carboxylic acids is 1. The summed E-state index contributed by atoms with van der Waals surface area (Å²) in [5.41, 5.74) is 3.80. The number of fused-ring (bicyclic) bond motifs is 1. The lowest BCUT2D eigenvalue weighted by molar-refractivity contribution is -0.274. The Bertz CT molecular complexity index is 903. The number of hydrogen-bond donors (Lipinski definition) is 2. The van der Waals surface area contributed by atoms with Crippen molar-refractivity contribution >= 4 is 16.9 Å². The molecule has 0 fully saturated rings. The number of nitrogens with two attached hydrogens (primary N) is 1. The van der Waals surface area contributed by atoms with Gasteiger partial charge in [-0.15, -0.1) is 13.2 Å². The lowest BCUT2D eigenvalue weighted by Crippen LogP contribution is -2.29. The van der Waals surface area contributed by atoms with E-state index in [0.29, 0.717) is 27.7 Å². The highest BCUT2D eigenvalue weighted by atomic mass is 19.4. The molecule has 0 aliphatic rings. The Morgan fingerprint density at radius 2 is 1.96 bits per heavy atom. The molecule has 3 N–H and O–H groups in total. The summed E-state index contributed by atoms with van der Waals surface area (Å²) in [6.45, 7) is 0. The summed E-state index contributed by atoms with van der Waals surface area (Å²) in [4.78, 5) is 11.6. The average molecular weight is 336 g/mol. The number of rotatable bonds is 3. The minimum absolute atomic E-state index is 0.301. The molecular formula is C16H11F3N2O3. The molecule has 0 atom stereocenters. The third kappa shape index (κ3) is 3.18.